The first-order chi connectivity index (χ1) is 14.3. The lowest BCUT2D eigenvalue weighted by atomic mass is 10.2. The molecule has 1 fully saturated rings. The summed E-state index contributed by atoms with van der Waals surface area (Å²) in [5, 5.41) is 6.44. The van der Waals surface area contributed by atoms with Gasteiger partial charge in [0.15, 0.2) is 5.82 Å². The van der Waals surface area contributed by atoms with Gasteiger partial charge in [-0.2, -0.15) is 0 Å². The van der Waals surface area contributed by atoms with E-state index < -0.39 is 0 Å². The average Bonchev–Trinajstić information content (AvgIpc) is 3.27. The number of aromatic nitrogens is 1. The molecule has 1 aromatic heterocycles. The summed E-state index contributed by atoms with van der Waals surface area (Å²) in [4.78, 5) is 16.4. The van der Waals surface area contributed by atoms with E-state index in [4.69, 9.17) is 9.26 Å². The molecule has 4 rings (SSSR count). The Kier molecular flexibility index (Phi) is 6.07. The normalized spacial score (nSPS) is 14.6. The van der Waals surface area contributed by atoms with Crippen LogP contribution < -0.4 is 10.1 Å². The van der Waals surface area contributed by atoms with Crippen LogP contribution in [0.2, 0.25) is 0 Å². The Morgan fingerprint density at radius 2 is 1.72 bits per heavy atom. The summed E-state index contributed by atoms with van der Waals surface area (Å²) in [7, 11) is 0. The molecule has 1 saturated heterocycles. The van der Waals surface area contributed by atoms with Crippen molar-refractivity contribution in [1.82, 2.24) is 15.0 Å². The van der Waals surface area contributed by atoms with Crippen LogP contribution in [0.3, 0.4) is 0 Å². The van der Waals surface area contributed by atoms with Crippen molar-refractivity contribution in [3.05, 3.63) is 78.1 Å². The summed E-state index contributed by atoms with van der Waals surface area (Å²) in [6, 6.07) is 19.9. The van der Waals surface area contributed by atoms with Crippen molar-refractivity contribution in [3.63, 3.8) is 0 Å². The number of nitrogens with one attached hydrogen (secondary N) is 1. The van der Waals surface area contributed by atoms with Gasteiger partial charge < -0.3 is 14.2 Å². The van der Waals surface area contributed by atoms with Crippen LogP contribution >= 0.6 is 0 Å². The summed E-state index contributed by atoms with van der Waals surface area (Å²) in [5.41, 5.74) is 2.39. The van der Waals surface area contributed by atoms with E-state index in [0.29, 0.717) is 25.5 Å². The van der Waals surface area contributed by atoms with Crippen LogP contribution in [-0.4, -0.2) is 47.2 Å². The van der Waals surface area contributed by atoms with Gasteiger partial charge in [-0.25, -0.2) is 4.79 Å². The smallest absolute Gasteiger partial charge is 0.323 e. The summed E-state index contributed by atoms with van der Waals surface area (Å²) >= 11 is 0. The molecule has 0 radical (unpaired) electrons. The van der Waals surface area contributed by atoms with E-state index in [1.165, 1.54) is 11.8 Å². The molecule has 0 spiro atoms. The van der Waals surface area contributed by atoms with Gasteiger partial charge in [0, 0.05) is 38.8 Å². The van der Waals surface area contributed by atoms with Gasteiger partial charge in [0.05, 0.1) is 0 Å². The molecule has 2 heterocycles. The van der Waals surface area contributed by atoms with Crippen molar-refractivity contribution in [3.8, 4) is 5.75 Å². The van der Waals surface area contributed by atoms with Crippen molar-refractivity contribution in [2.24, 2.45) is 0 Å². The molecule has 1 N–H and O–H groups in total. The first-order valence-electron chi connectivity index (χ1n) is 9.70. The summed E-state index contributed by atoms with van der Waals surface area (Å²) in [6.45, 7) is 4.46. The maximum atomic E-state index is 12.2. The number of hydrogen-bond acceptors (Lipinski definition) is 5. The zero-order valence-electron chi connectivity index (χ0n) is 16.2. The number of carbonyl (C=O) groups is 1. The summed E-state index contributed by atoms with van der Waals surface area (Å²) < 4.78 is 10.6. The van der Waals surface area contributed by atoms with Crippen molar-refractivity contribution in [1.29, 1.82) is 0 Å². The lowest BCUT2D eigenvalue weighted by molar-refractivity contribution is 0.143. The second-order valence-electron chi connectivity index (χ2n) is 7.00. The highest BCUT2D eigenvalue weighted by molar-refractivity contribution is 5.88. The molecule has 150 valence electrons. The van der Waals surface area contributed by atoms with E-state index >= 15 is 0 Å². The van der Waals surface area contributed by atoms with Gasteiger partial charge in [0.1, 0.15) is 18.6 Å². The molecule has 1 aliphatic rings. The van der Waals surface area contributed by atoms with Gasteiger partial charge in [-0.1, -0.05) is 47.6 Å². The lowest BCUT2D eigenvalue weighted by Crippen LogP contribution is -2.49. The highest BCUT2D eigenvalue weighted by Crippen LogP contribution is 2.16. The molecule has 0 unspecified atom stereocenters. The molecule has 0 bridgehead atoms. The monoisotopic (exact) mass is 392 g/mol. The zero-order valence-corrected chi connectivity index (χ0v) is 16.2. The predicted octanol–water partition coefficient (Wildman–Crippen LogP) is 3.60. The molecule has 0 saturated carbocycles. The summed E-state index contributed by atoms with van der Waals surface area (Å²) in [6.07, 6.45) is 1.44. The van der Waals surface area contributed by atoms with Crippen molar-refractivity contribution >= 4 is 11.8 Å². The van der Waals surface area contributed by atoms with Crippen LogP contribution in [0.4, 0.5) is 10.6 Å². The Morgan fingerprint density at radius 3 is 2.41 bits per heavy atom. The third-order valence-electron chi connectivity index (χ3n) is 4.91. The molecule has 7 heteroatoms. The van der Waals surface area contributed by atoms with Gasteiger partial charge >= 0.3 is 6.03 Å². The van der Waals surface area contributed by atoms with Gasteiger partial charge in [-0.3, -0.25) is 10.2 Å². The molecule has 2 aromatic carbocycles. The maximum Gasteiger partial charge on any atom is 0.323 e. The van der Waals surface area contributed by atoms with Gasteiger partial charge in [-0.15, -0.1) is 0 Å². The Balaban J connectivity index is 1.21. The molecule has 29 heavy (non-hydrogen) atoms. The van der Waals surface area contributed by atoms with E-state index in [2.05, 4.69) is 39.6 Å². The number of carbonyl (C=O) groups excluding carboxylic acids is 1. The third kappa shape index (κ3) is 5.36. The number of urea groups is 1. The fourth-order valence-corrected chi connectivity index (χ4v) is 3.26. The standard InChI is InChI=1S/C22H24N4O3/c27-22(23-21-10-15-29-24-21)26-13-11-25(12-14-26)16-18-6-8-20(9-7-18)28-17-19-4-2-1-3-5-19/h1-10,15H,11-14,16-17H2,(H,23,24,27). The van der Waals surface area contributed by atoms with Crippen LogP contribution in [-0.2, 0) is 13.2 Å². The molecule has 1 aliphatic heterocycles. The van der Waals surface area contributed by atoms with Crippen molar-refractivity contribution in [2.45, 2.75) is 13.2 Å². The fourth-order valence-electron chi connectivity index (χ4n) is 3.26. The Bertz CT molecular complexity index is 890. The number of benzene rings is 2. The highest BCUT2D eigenvalue weighted by Gasteiger charge is 2.21. The second kappa shape index (κ2) is 9.25. The molecule has 0 aliphatic carbocycles. The first-order valence-corrected chi connectivity index (χ1v) is 9.70. The predicted molar refractivity (Wildman–Crippen MR) is 110 cm³/mol. The van der Waals surface area contributed by atoms with Crippen molar-refractivity contribution < 1.29 is 14.1 Å². The van der Waals surface area contributed by atoms with E-state index in [1.54, 1.807) is 11.0 Å². The number of hydrogen-bond donors (Lipinski definition) is 1. The molecule has 2 amide bonds. The molecular weight excluding hydrogens is 368 g/mol. The van der Waals surface area contributed by atoms with Crippen LogP contribution in [0.25, 0.3) is 0 Å². The van der Waals surface area contributed by atoms with Crippen LogP contribution in [0.15, 0.2) is 71.4 Å². The summed E-state index contributed by atoms with van der Waals surface area (Å²) in [5.74, 6) is 1.30. The fraction of sp³-hybridized carbons (Fsp3) is 0.273. The molecule has 0 atom stereocenters. The molecular formula is C22H24N4O3. The number of rotatable bonds is 6. The number of nitrogens with zero attached hydrogens (tertiary/aromatic N) is 3. The lowest BCUT2D eigenvalue weighted by Gasteiger charge is -2.34. The highest BCUT2D eigenvalue weighted by atomic mass is 16.5. The van der Waals surface area contributed by atoms with E-state index in [9.17, 15) is 4.79 Å². The molecule has 7 nitrogen and oxygen atoms in total. The zero-order chi connectivity index (χ0) is 19.9. The van der Waals surface area contributed by atoms with Crippen LogP contribution in [0.5, 0.6) is 5.75 Å². The SMILES string of the molecule is O=C(Nc1ccon1)N1CCN(Cc2ccc(OCc3ccccc3)cc2)CC1. The number of anilines is 1. The Hall–Kier alpha value is -3.32. The largest absolute Gasteiger partial charge is 0.489 e. The van der Waals surface area contributed by atoms with Crippen LogP contribution in [0.1, 0.15) is 11.1 Å². The van der Waals surface area contributed by atoms with E-state index in [1.807, 2.05) is 30.3 Å². The topological polar surface area (TPSA) is 70.8 Å². The Labute approximate surface area is 169 Å². The second-order valence-corrected chi connectivity index (χ2v) is 7.00. The number of ether oxygens (including phenoxy) is 1. The minimum Gasteiger partial charge on any atom is -0.489 e. The quantitative estimate of drug-likeness (QED) is 0.694. The number of amides is 2. The third-order valence-corrected chi connectivity index (χ3v) is 4.91. The van der Waals surface area contributed by atoms with Crippen LogP contribution in [0, 0.1) is 0 Å². The van der Waals surface area contributed by atoms with Gasteiger partial charge in [0.2, 0.25) is 0 Å². The minimum absolute atomic E-state index is 0.140. The van der Waals surface area contributed by atoms with Gasteiger partial charge in [0.25, 0.3) is 0 Å². The van der Waals surface area contributed by atoms with E-state index in [-0.39, 0.29) is 6.03 Å². The maximum absolute atomic E-state index is 12.2. The first kappa shape index (κ1) is 19.0. The van der Waals surface area contributed by atoms with E-state index in [0.717, 1.165) is 30.9 Å². The van der Waals surface area contributed by atoms with Gasteiger partial charge in [-0.05, 0) is 23.3 Å². The average molecular weight is 392 g/mol. The Morgan fingerprint density at radius 1 is 0.966 bits per heavy atom. The molecule has 3 aromatic rings. The number of piperazine rings is 1. The van der Waals surface area contributed by atoms with Crippen molar-refractivity contribution in [2.75, 3.05) is 31.5 Å². The minimum atomic E-state index is -0.140.